The molecule has 0 spiro atoms. The summed E-state index contributed by atoms with van der Waals surface area (Å²) >= 11 is 0. The molecule has 4 heteroatoms. The van der Waals surface area contributed by atoms with Gasteiger partial charge in [-0.15, -0.1) is 0 Å². The van der Waals surface area contributed by atoms with Gasteiger partial charge in [-0.1, -0.05) is 30.3 Å². The molecule has 0 radical (unpaired) electrons. The molecule has 0 saturated carbocycles. The highest BCUT2D eigenvalue weighted by Gasteiger charge is 2.47. The van der Waals surface area contributed by atoms with Gasteiger partial charge in [0.05, 0.1) is 25.7 Å². The number of aliphatic hydroxyl groups excluding tert-OH is 1. The zero-order valence-corrected chi connectivity index (χ0v) is 12.5. The first-order valence-electron chi connectivity index (χ1n) is 7.36. The first-order chi connectivity index (χ1) is 10.7. The predicted octanol–water partition coefficient (Wildman–Crippen LogP) is 2.26. The third-order valence-corrected chi connectivity index (χ3v) is 4.19. The van der Waals surface area contributed by atoms with Crippen LogP contribution < -0.4 is 9.64 Å². The third kappa shape index (κ3) is 2.57. The van der Waals surface area contributed by atoms with E-state index in [9.17, 15) is 9.90 Å². The van der Waals surface area contributed by atoms with Crippen molar-refractivity contribution >= 4 is 11.6 Å². The van der Waals surface area contributed by atoms with Crippen LogP contribution in [-0.4, -0.2) is 30.8 Å². The first kappa shape index (κ1) is 14.6. The summed E-state index contributed by atoms with van der Waals surface area (Å²) in [6.07, 6.45) is 0.664. The summed E-state index contributed by atoms with van der Waals surface area (Å²) in [7, 11) is 1.61. The Kier molecular flexibility index (Phi) is 4.11. The molecule has 0 aromatic heterocycles. The number of ether oxygens (including phenoxy) is 1. The highest BCUT2D eigenvalue weighted by atomic mass is 16.5. The molecule has 1 fully saturated rings. The van der Waals surface area contributed by atoms with Gasteiger partial charge in [0.2, 0.25) is 5.91 Å². The molecule has 1 saturated heterocycles. The van der Waals surface area contributed by atoms with E-state index < -0.39 is 0 Å². The molecule has 0 aliphatic carbocycles. The number of hydrogen-bond acceptors (Lipinski definition) is 3. The lowest BCUT2D eigenvalue weighted by Gasteiger charge is -2.46. The van der Waals surface area contributed by atoms with Gasteiger partial charge < -0.3 is 14.7 Å². The number of amides is 1. The lowest BCUT2D eigenvalue weighted by Crippen LogP contribution is -2.63. The molecule has 3 rings (SSSR count). The zero-order valence-electron chi connectivity index (χ0n) is 12.5. The maximum atomic E-state index is 12.5. The van der Waals surface area contributed by atoms with E-state index in [4.69, 9.17) is 4.74 Å². The van der Waals surface area contributed by atoms with Crippen LogP contribution >= 0.6 is 0 Å². The Morgan fingerprint density at radius 1 is 1.09 bits per heavy atom. The van der Waals surface area contributed by atoms with Crippen molar-refractivity contribution in [2.75, 3.05) is 18.6 Å². The molecule has 114 valence electrons. The Labute approximate surface area is 130 Å². The number of benzene rings is 2. The summed E-state index contributed by atoms with van der Waals surface area (Å²) in [6.45, 7) is -0.0325. The average molecular weight is 297 g/mol. The van der Waals surface area contributed by atoms with E-state index in [1.54, 1.807) is 12.0 Å². The number of anilines is 1. The molecule has 4 nitrogen and oxygen atoms in total. The van der Waals surface area contributed by atoms with Gasteiger partial charge in [0.15, 0.2) is 0 Å². The molecular formula is C18H19NO3. The van der Waals surface area contributed by atoms with E-state index in [0.717, 1.165) is 17.0 Å². The second-order valence-corrected chi connectivity index (χ2v) is 5.45. The fourth-order valence-electron chi connectivity index (χ4n) is 2.97. The third-order valence-electron chi connectivity index (χ3n) is 4.19. The molecule has 22 heavy (non-hydrogen) atoms. The lowest BCUT2D eigenvalue weighted by atomic mass is 9.82. The quantitative estimate of drug-likeness (QED) is 0.861. The van der Waals surface area contributed by atoms with Crippen LogP contribution in [0.1, 0.15) is 5.56 Å². The second-order valence-electron chi connectivity index (χ2n) is 5.45. The first-order valence-corrected chi connectivity index (χ1v) is 7.36. The van der Waals surface area contributed by atoms with Crippen LogP contribution in [0.4, 0.5) is 5.69 Å². The molecule has 2 atom stereocenters. The van der Waals surface area contributed by atoms with Crippen LogP contribution in [-0.2, 0) is 11.2 Å². The molecule has 1 heterocycles. The van der Waals surface area contributed by atoms with Gasteiger partial charge in [-0.3, -0.25) is 4.79 Å². The fraction of sp³-hybridized carbons (Fsp3) is 0.278. The van der Waals surface area contributed by atoms with Gasteiger partial charge >= 0.3 is 0 Å². The van der Waals surface area contributed by atoms with E-state index in [1.165, 1.54) is 0 Å². The molecule has 1 N–H and O–H groups in total. The number of β-lactam (4-membered cyclic amide) rings is 1. The number of rotatable bonds is 5. The van der Waals surface area contributed by atoms with E-state index in [-0.39, 0.29) is 24.5 Å². The van der Waals surface area contributed by atoms with Gasteiger partial charge in [-0.2, -0.15) is 0 Å². The molecule has 1 aliphatic rings. The Morgan fingerprint density at radius 3 is 2.36 bits per heavy atom. The van der Waals surface area contributed by atoms with Gasteiger partial charge in [0.1, 0.15) is 5.75 Å². The van der Waals surface area contributed by atoms with Crippen molar-refractivity contribution in [3.8, 4) is 5.75 Å². The number of carbonyl (C=O) groups is 1. The summed E-state index contributed by atoms with van der Waals surface area (Å²) in [5.41, 5.74) is 1.92. The van der Waals surface area contributed by atoms with Crippen molar-refractivity contribution in [3.05, 3.63) is 60.2 Å². The van der Waals surface area contributed by atoms with E-state index in [1.807, 2.05) is 54.6 Å². The normalized spacial score (nSPS) is 20.6. The highest BCUT2D eigenvalue weighted by molar-refractivity contribution is 6.03. The monoisotopic (exact) mass is 297 g/mol. The number of carbonyl (C=O) groups excluding carboxylic acids is 1. The molecular weight excluding hydrogens is 278 g/mol. The topological polar surface area (TPSA) is 49.8 Å². The van der Waals surface area contributed by atoms with Crippen molar-refractivity contribution in [3.63, 3.8) is 0 Å². The molecule has 1 aliphatic heterocycles. The minimum absolute atomic E-state index is 0.0325. The maximum Gasteiger partial charge on any atom is 0.232 e. The molecule has 0 unspecified atom stereocenters. The summed E-state index contributed by atoms with van der Waals surface area (Å²) in [6, 6.07) is 17.1. The Morgan fingerprint density at radius 2 is 1.77 bits per heavy atom. The number of aliphatic hydroxyl groups is 1. The summed E-state index contributed by atoms with van der Waals surface area (Å²) in [4.78, 5) is 14.1. The highest BCUT2D eigenvalue weighted by Crippen LogP contribution is 2.35. The van der Waals surface area contributed by atoms with Crippen LogP contribution in [0.25, 0.3) is 0 Å². The lowest BCUT2D eigenvalue weighted by molar-refractivity contribution is -0.131. The predicted molar refractivity (Wildman–Crippen MR) is 85.0 cm³/mol. The Balaban J connectivity index is 1.76. The number of nitrogens with zero attached hydrogens (tertiary/aromatic N) is 1. The SMILES string of the molecule is COc1ccc(N2C(=O)[C@@H](Cc3ccccc3)[C@H]2CO)cc1. The van der Waals surface area contributed by atoms with Crippen molar-refractivity contribution in [2.45, 2.75) is 12.5 Å². The smallest absolute Gasteiger partial charge is 0.232 e. The number of methoxy groups -OCH3 is 1. The van der Waals surface area contributed by atoms with Crippen LogP contribution in [0.5, 0.6) is 5.75 Å². The van der Waals surface area contributed by atoms with Crippen molar-refractivity contribution < 1.29 is 14.6 Å². The van der Waals surface area contributed by atoms with E-state index in [2.05, 4.69) is 0 Å². The average Bonchev–Trinajstić information content (AvgIpc) is 2.58. The van der Waals surface area contributed by atoms with Crippen LogP contribution in [0.3, 0.4) is 0 Å². The zero-order chi connectivity index (χ0) is 15.5. The number of hydrogen-bond donors (Lipinski definition) is 1. The van der Waals surface area contributed by atoms with Gasteiger partial charge in [-0.25, -0.2) is 0 Å². The maximum absolute atomic E-state index is 12.5. The molecule has 2 aromatic carbocycles. The van der Waals surface area contributed by atoms with Crippen LogP contribution in [0, 0.1) is 5.92 Å². The Bertz CT molecular complexity index is 639. The largest absolute Gasteiger partial charge is 0.497 e. The molecule has 2 aromatic rings. The van der Waals surface area contributed by atoms with Gasteiger partial charge in [0.25, 0.3) is 0 Å². The minimum atomic E-state index is -0.166. The van der Waals surface area contributed by atoms with Gasteiger partial charge in [-0.05, 0) is 36.2 Å². The molecule has 1 amide bonds. The summed E-state index contributed by atoms with van der Waals surface area (Å²) in [5, 5.41) is 9.67. The second kappa shape index (κ2) is 6.20. The van der Waals surface area contributed by atoms with Crippen molar-refractivity contribution in [1.82, 2.24) is 0 Å². The van der Waals surface area contributed by atoms with Crippen LogP contribution in [0.2, 0.25) is 0 Å². The van der Waals surface area contributed by atoms with Crippen LogP contribution in [0.15, 0.2) is 54.6 Å². The van der Waals surface area contributed by atoms with Gasteiger partial charge in [0, 0.05) is 5.69 Å². The summed E-state index contributed by atoms with van der Waals surface area (Å²) in [5.74, 6) is 0.653. The van der Waals surface area contributed by atoms with E-state index in [0.29, 0.717) is 6.42 Å². The van der Waals surface area contributed by atoms with Crippen molar-refractivity contribution in [1.29, 1.82) is 0 Å². The molecule has 0 bridgehead atoms. The minimum Gasteiger partial charge on any atom is -0.497 e. The Hall–Kier alpha value is -2.33. The fourth-order valence-corrected chi connectivity index (χ4v) is 2.97. The summed E-state index contributed by atoms with van der Waals surface area (Å²) < 4.78 is 5.13. The van der Waals surface area contributed by atoms with Crippen molar-refractivity contribution in [2.24, 2.45) is 5.92 Å². The van der Waals surface area contributed by atoms with E-state index >= 15 is 0 Å². The standard InChI is InChI=1S/C18H19NO3/c1-22-15-9-7-14(8-10-15)19-17(12-20)16(18(19)21)11-13-5-3-2-4-6-13/h2-10,16-17,20H,11-12H2,1H3/t16-,17+/m0/s1.